The fourth-order valence-electron chi connectivity index (χ4n) is 2.04. The number of hydrogen-bond acceptors (Lipinski definition) is 4. The molecule has 0 bridgehead atoms. The Kier molecular flexibility index (Phi) is 3.03. The Hall–Kier alpha value is -0.610. The van der Waals surface area contributed by atoms with Crippen LogP contribution in [0, 0.1) is 0 Å². The van der Waals surface area contributed by atoms with E-state index in [1.807, 2.05) is 0 Å². The molecule has 78 valence electrons. The van der Waals surface area contributed by atoms with Gasteiger partial charge in [-0.2, -0.15) is 0 Å². The van der Waals surface area contributed by atoms with Crippen molar-refractivity contribution < 1.29 is 0 Å². The molecule has 3 N–H and O–H groups in total. The van der Waals surface area contributed by atoms with Crippen molar-refractivity contribution in [2.45, 2.75) is 32.1 Å². The van der Waals surface area contributed by atoms with Gasteiger partial charge in [0.1, 0.15) is 0 Å². The third-order valence-electron chi connectivity index (χ3n) is 2.73. The number of hydrogen-bond donors (Lipinski definition) is 2. The van der Waals surface area contributed by atoms with Gasteiger partial charge in [-0.15, -0.1) is 11.3 Å². The molecule has 1 atom stereocenters. The number of rotatable bonds is 3. The topological polar surface area (TPSA) is 50.9 Å². The van der Waals surface area contributed by atoms with Gasteiger partial charge >= 0.3 is 0 Å². The lowest BCUT2D eigenvalue weighted by molar-refractivity contribution is 0.509. The third kappa shape index (κ3) is 1.91. The van der Waals surface area contributed by atoms with Crippen LogP contribution in [0.25, 0.3) is 0 Å². The van der Waals surface area contributed by atoms with Crippen molar-refractivity contribution >= 4 is 16.5 Å². The van der Waals surface area contributed by atoms with E-state index in [-0.39, 0.29) is 0 Å². The first-order valence-electron chi connectivity index (χ1n) is 5.27. The maximum atomic E-state index is 5.74. The molecule has 4 heteroatoms. The molecule has 0 aliphatic heterocycles. The molecule has 1 aromatic heterocycles. The summed E-state index contributed by atoms with van der Waals surface area (Å²) in [4.78, 5) is 5.86. The lowest BCUT2D eigenvalue weighted by Crippen LogP contribution is -2.23. The predicted octanol–water partition coefficient (Wildman–Crippen LogP) is 1.75. The van der Waals surface area contributed by atoms with Gasteiger partial charge < -0.3 is 11.1 Å². The first-order valence-corrected chi connectivity index (χ1v) is 6.08. The first-order chi connectivity index (χ1) is 6.81. The van der Waals surface area contributed by atoms with Gasteiger partial charge in [0.05, 0.1) is 5.69 Å². The summed E-state index contributed by atoms with van der Waals surface area (Å²) in [6, 6.07) is 0. The molecule has 0 radical (unpaired) electrons. The first kappa shape index (κ1) is 9.93. The molecule has 14 heavy (non-hydrogen) atoms. The quantitative estimate of drug-likeness (QED) is 0.801. The predicted molar refractivity (Wildman–Crippen MR) is 60.7 cm³/mol. The summed E-state index contributed by atoms with van der Waals surface area (Å²) >= 11 is 1.67. The molecular formula is C10H17N3S. The van der Waals surface area contributed by atoms with Gasteiger partial charge in [-0.05, 0) is 25.8 Å². The van der Waals surface area contributed by atoms with Crippen LogP contribution in [0.1, 0.15) is 36.3 Å². The minimum absolute atomic E-state index is 0.590. The maximum absolute atomic E-state index is 5.74. The molecule has 0 spiro atoms. The van der Waals surface area contributed by atoms with Crippen LogP contribution in [0.5, 0.6) is 0 Å². The second-order valence-electron chi connectivity index (χ2n) is 3.76. The molecule has 1 aliphatic carbocycles. The molecule has 1 unspecified atom stereocenters. The molecule has 3 nitrogen and oxygen atoms in total. The summed E-state index contributed by atoms with van der Waals surface area (Å²) in [6.07, 6.45) is 3.71. The van der Waals surface area contributed by atoms with Crippen molar-refractivity contribution in [1.29, 1.82) is 0 Å². The van der Waals surface area contributed by atoms with E-state index in [0.29, 0.717) is 5.92 Å². The van der Waals surface area contributed by atoms with Crippen LogP contribution in [0.15, 0.2) is 0 Å². The lowest BCUT2D eigenvalue weighted by atomic mass is 9.91. The van der Waals surface area contributed by atoms with Crippen molar-refractivity contribution in [3.63, 3.8) is 0 Å². The van der Waals surface area contributed by atoms with Crippen LogP contribution in [-0.4, -0.2) is 18.1 Å². The van der Waals surface area contributed by atoms with Crippen LogP contribution in [0.3, 0.4) is 0 Å². The van der Waals surface area contributed by atoms with Gasteiger partial charge in [-0.25, -0.2) is 4.98 Å². The largest absolute Gasteiger partial charge is 0.375 e. The number of nitrogen functional groups attached to an aromatic ring is 1. The van der Waals surface area contributed by atoms with E-state index in [0.717, 1.165) is 18.2 Å². The zero-order chi connectivity index (χ0) is 9.97. The summed E-state index contributed by atoms with van der Waals surface area (Å²) in [7, 11) is 0. The zero-order valence-electron chi connectivity index (χ0n) is 8.55. The average Bonchev–Trinajstić information content (AvgIpc) is 2.55. The van der Waals surface area contributed by atoms with E-state index in [1.54, 1.807) is 11.3 Å². The van der Waals surface area contributed by atoms with Crippen molar-refractivity contribution in [3.05, 3.63) is 10.6 Å². The third-order valence-corrected chi connectivity index (χ3v) is 3.69. The Morgan fingerprint density at radius 2 is 2.50 bits per heavy atom. The van der Waals surface area contributed by atoms with Crippen LogP contribution in [0.4, 0.5) is 5.13 Å². The number of aromatic nitrogens is 1. The van der Waals surface area contributed by atoms with Crippen molar-refractivity contribution in [2.24, 2.45) is 0 Å². The van der Waals surface area contributed by atoms with Gasteiger partial charge in [0.2, 0.25) is 0 Å². The highest BCUT2D eigenvalue weighted by Crippen LogP contribution is 2.35. The maximum Gasteiger partial charge on any atom is 0.180 e. The molecule has 0 saturated heterocycles. The molecular weight excluding hydrogens is 194 g/mol. The fraction of sp³-hybridized carbons (Fsp3) is 0.700. The number of thiazole rings is 1. The highest BCUT2D eigenvalue weighted by Gasteiger charge is 2.23. The molecule has 0 saturated carbocycles. The minimum atomic E-state index is 0.590. The lowest BCUT2D eigenvalue weighted by Gasteiger charge is -2.20. The number of nitrogens with one attached hydrogen (secondary N) is 1. The highest BCUT2D eigenvalue weighted by atomic mass is 32.1. The normalized spacial score (nSPS) is 20.8. The van der Waals surface area contributed by atoms with Crippen LogP contribution in [-0.2, 0) is 6.42 Å². The van der Waals surface area contributed by atoms with Gasteiger partial charge in [0.15, 0.2) is 5.13 Å². The number of fused-ring (bicyclic) bond motifs is 1. The van der Waals surface area contributed by atoms with Crippen molar-refractivity contribution in [2.75, 3.05) is 18.8 Å². The second kappa shape index (κ2) is 4.28. The Morgan fingerprint density at radius 3 is 3.29 bits per heavy atom. The molecule has 0 amide bonds. The molecule has 1 aromatic rings. The molecule has 1 aliphatic rings. The van der Waals surface area contributed by atoms with Crippen LogP contribution in [0.2, 0.25) is 0 Å². The summed E-state index contributed by atoms with van der Waals surface area (Å²) in [6.45, 7) is 4.22. The van der Waals surface area contributed by atoms with Crippen LogP contribution >= 0.6 is 11.3 Å². The number of nitrogens with two attached hydrogens (primary N) is 1. The summed E-state index contributed by atoms with van der Waals surface area (Å²) < 4.78 is 0. The number of likely N-dealkylation sites (N-methyl/N-ethyl adjacent to an activating group) is 1. The number of nitrogens with zero attached hydrogens (tertiary/aromatic N) is 1. The van der Waals surface area contributed by atoms with Gasteiger partial charge in [-0.1, -0.05) is 6.92 Å². The Morgan fingerprint density at radius 1 is 1.64 bits per heavy atom. The number of anilines is 1. The average molecular weight is 211 g/mol. The molecule has 2 rings (SSSR count). The summed E-state index contributed by atoms with van der Waals surface area (Å²) in [5.74, 6) is 0.590. The van der Waals surface area contributed by atoms with E-state index in [1.165, 1.54) is 29.8 Å². The summed E-state index contributed by atoms with van der Waals surface area (Å²) in [5.41, 5.74) is 7.00. The van der Waals surface area contributed by atoms with Gasteiger partial charge in [-0.3, -0.25) is 0 Å². The smallest absolute Gasteiger partial charge is 0.180 e. The number of aryl methyl sites for hydroxylation is 1. The van der Waals surface area contributed by atoms with Crippen molar-refractivity contribution in [3.8, 4) is 0 Å². The second-order valence-corrected chi connectivity index (χ2v) is 4.87. The van der Waals surface area contributed by atoms with Crippen LogP contribution < -0.4 is 11.1 Å². The Balaban J connectivity index is 2.13. The molecule has 1 heterocycles. The fourth-order valence-corrected chi connectivity index (χ4v) is 3.00. The Bertz CT molecular complexity index is 308. The summed E-state index contributed by atoms with van der Waals surface area (Å²) in [5, 5.41) is 4.13. The van der Waals surface area contributed by atoms with E-state index in [2.05, 4.69) is 17.2 Å². The van der Waals surface area contributed by atoms with Gasteiger partial charge in [0, 0.05) is 17.3 Å². The Labute approximate surface area is 88.7 Å². The van der Waals surface area contributed by atoms with E-state index >= 15 is 0 Å². The van der Waals surface area contributed by atoms with Crippen molar-refractivity contribution in [1.82, 2.24) is 10.3 Å². The molecule has 0 aromatic carbocycles. The standard InChI is InChI=1S/C10H17N3S/c1-2-12-6-7-4-3-5-8-9(7)13-10(11)14-8/h7,12H,2-6H2,1H3,(H2,11,13). The highest BCUT2D eigenvalue weighted by molar-refractivity contribution is 7.15. The minimum Gasteiger partial charge on any atom is -0.375 e. The monoisotopic (exact) mass is 211 g/mol. The van der Waals surface area contributed by atoms with Gasteiger partial charge in [0.25, 0.3) is 0 Å². The SMILES string of the molecule is CCNCC1CCCc2sc(N)nc21. The molecule has 0 fully saturated rings. The van der Waals surface area contributed by atoms with E-state index in [4.69, 9.17) is 5.73 Å². The zero-order valence-corrected chi connectivity index (χ0v) is 9.36. The van der Waals surface area contributed by atoms with E-state index in [9.17, 15) is 0 Å². The van der Waals surface area contributed by atoms with E-state index < -0.39 is 0 Å².